The Morgan fingerprint density at radius 3 is 2.44 bits per heavy atom. The highest BCUT2D eigenvalue weighted by atomic mass is 15.3. The third-order valence-corrected chi connectivity index (χ3v) is 3.35. The molecule has 0 fully saturated rings. The average molecular weight is 243 g/mol. The average Bonchev–Trinajstić information content (AvgIpc) is 2.77. The fourth-order valence-electron chi connectivity index (χ4n) is 2.03. The topological polar surface area (TPSA) is 29.9 Å². The van der Waals surface area contributed by atoms with E-state index in [-0.39, 0.29) is 0 Å². The number of anilines is 1. The van der Waals surface area contributed by atoms with Crippen LogP contribution in [0.4, 0.5) is 5.69 Å². The van der Waals surface area contributed by atoms with Crippen molar-refractivity contribution in [3.8, 4) is 0 Å². The molecule has 0 radical (unpaired) electrons. The first kappa shape index (κ1) is 12.7. The van der Waals surface area contributed by atoms with Crippen LogP contribution in [0.3, 0.4) is 0 Å². The van der Waals surface area contributed by atoms with Crippen molar-refractivity contribution in [1.82, 2.24) is 9.78 Å². The van der Waals surface area contributed by atoms with Gasteiger partial charge in [-0.3, -0.25) is 4.68 Å². The zero-order valence-electron chi connectivity index (χ0n) is 11.4. The molecule has 1 N–H and O–H groups in total. The van der Waals surface area contributed by atoms with E-state index in [1.807, 2.05) is 10.9 Å². The standard InChI is InChI=1S/C15H21N3/c1-4-13-6-8-15(9-7-13)16-10-14-11-17-18(5-2)12(14)3/h6-9,11,16H,4-5,10H2,1-3H3. The lowest BCUT2D eigenvalue weighted by Gasteiger charge is -2.07. The van der Waals surface area contributed by atoms with E-state index >= 15 is 0 Å². The molecule has 3 heteroatoms. The predicted molar refractivity (Wildman–Crippen MR) is 75.8 cm³/mol. The van der Waals surface area contributed by atoms with E-state index in [1.54, 1.807) is 0 Å². The van der Waals surface area contributed by atoms with Crippen molar-refractivity contribution in [1.29, 1.82) is 0 Å². The lowest BCUT2D eigenvalue weighted by molar-refractivity contribution is 0.638. The highest BCUT2D eigenvalue weighted by molar-refractivity contribution is 5.45. The Morgan fingerprint density at radius 1 is 1.17 bits per heavy atom. The van der Waals surface area contributed by atoms with Gasteiger partial charge in [0.25, 0.3) is 0 Å². The molecule has 3 nitrogen and oxygen atoms in total. The molecule has 0 aliphatic rings. The molecule has 0 amide bonds. The maximum absolute atomic E-state index is 4.35. The van der Waals surface area contributed by atoms with Gasteiger partial charge in [0.05, 0.1) is 6.20 Å². The van der Waals surface area contributed by atoms with Gasteiger partial charge in [-0.25, -0.2) is 0 Å². The Balaban J connectivity index is 1.99. The van der Waals surface area contributed by atoms with Crippen molar-refractivity contribution < 1.29 is 0 Å². The first-order valence-corrected chi connectivity index (χ1v) is 6.58. The van der Waals surface area contributed by atoms with Gasteiger partial charge in [-0.05, 0) is 38.0 Å². The Morgan fingerprint density at radius 2 is 1.89 bits per heavy atom. The number of hydrogen-bond acceptors (Lipinski definition) is 2. The van der Waals surface area contributed by atoms with Crippen molar-refractivity contribution >= 4 is 5.69 Å². The highest BCUT2D eigenvalue weighted by Crippen LogP contribution is 2.13. The molecule has 0 atom stereocenters. The highest BCUT2D eigenvalue weighted by Gasteiger charge is 2.04. The lowest BCUT2D eigenvalue weighted by Crippen LogP contribution is -2.03. The number of aryl methyl sites for hydroxylation is 2. The molecule has 1 aromatic carbocycles. The van der Waals surface area contributed by atoms with Gasteiger partial charge in [-0.1, -0.05) is 19.1 Å². The summed E-state index contributed by atoms with van der Waals surface area (Å²) in [6.45, 7) is 8.16. The van der Waals surface area contributed by atoms with E-state index in [2.05, 4.69) is 55.5 Å². The Kier molecular flexibility index (Phi) is 4.03. The normalized spacial score (nSPS) is 10.6. The summed E-state index contributed by atoms with van der Waals surface area (Å²) in [5, 5.41) is 7.79. The molecule has 0 spiro atoms. The Labute approximate surface area is 109 Å². The van der Waals surface area contributed by atoms with Gasteiger partial charge in [0.2, 0.25) is 0 Å². The van der Waals surface area contributed by atoms with E-state index in [0.29, 0.717) is 0 Å². The molecule has 0 saturated heterocycles. The van der Waals surface area contributed by atoms with Gasteiger partial charge in [0.1, 0.15) is 0 Å². The minimum atomic E-state index is 0.831. The maximum atomic E-state index is 4.35. The molecular formula is C15H21N3. The summed E-state index contributed by atoms with van der Waals surface area (Å²) in [5.74, 6) is 0. The molecule has 0 unspecified atom stereocenters. The second-order valence-corrected chi connectivity index (χ2v) is 4.48. The zero-order valence-corrected chi connectivity index (χ0v) is 11.4. The minimum absolute atomic E-state index is 0.831. The second-order valence-electron chi connectivity index (χ2n) is 4.48. The van der Waals surface area contributed by atoms with Crippen molar-refractivity contribution in [3.05, 3.63) is 47.3 Å². The van der Waals surface area contributed by atoms with Gasteiger partial charge >= 0.3 is 0 Å². The van der Waals surface area contributed by atoms with Crippen molar-refractivity contribution in [3.63, 3.8) is 0 Å². The van der Waals surface area contributed by atoms with Crippen LogP contribution in [-0.4, -0.2) is 9.78 Å². The number of hydrogen-bond donors (Lipinski definition) is 1. The number of nitrogens with one attached hydrogen (secondary N) is 1. The molecule has 0 aliphatic heterocycles. The molecule has 2 aromatic rings. The minimum Gasteiger partial charge on any atom is -0.381 e. The second kappa shape index (κ2) is 5.71. The summed E-state index contributed by atoms with van der Waals surface area (Å²) in [5.41, 5.74) is 5.04. The number of rotatable bonds is 5. The van der Waals surface area contributed by atoms with E-state index in [0.717, 1.165) is 25.2 Å². The van der Waals surface area contributed by atoms with Crippen LogP contribution in [0, 0.1) is 6.92 Å². The lowest BCUT2D eigenvalue weighted by atomic mass is 10.1. The van der Waals surface area contributed by atoms with Crippen LogP contribution in [0.1, 0.15) is 30.7 Å². The van der Waals surface area contributed by atoms with E-state index in [4.69, 9.17) is 0 Å². The SMILES string of the molecule is CCc1ccc(NCc2cnn(CC)c2C)cc1. The summed E-state index contributed by atoms with van der Waals surface area (Å²) in [7, 11) is 0. The van der Waals surface area contributed by atoms with Gasteiger partial charge in [-0.15, -0.1) is 0 Å². The summed E-state index contributed by atoms with van der Waals surface area (Å²) in [6.07, 6.45) is 3.04. The molecule has 0 bridgehead atoms. The van der Waals surface area contributed by atoms with E-state index in [1.165, 1.54) is 16.8 Å². The maximum Gasteiger partial charge on any atom is 0.0542 e. The zero-order chi connectivity index (χ0) is 13.0. The number of nitrogens with zero attached hydrogens (tertiary/aromatic N) is 2. The summed E-state index contributed by atoms with van der Waals surface area (Å²) in [4.78, 5) is 0. The van der Waals surface area contributed by atoms with Crippen LogP contribution < -0.4 is 5.32 Å². The predicted octanol–water partition coefficient (Wildman–Crippen LogP) is 3.39. The van der Waals surface area contributed by atoms with Crippen LogP contribution in [0.25, 0.3) is 0 Å². The van der Waals surface area contributed by atoms with Crippen LogP contribution in [0.5, 0.6) is 0 Å². The molecule has 18 heavy (non-hydrogen) atoms. The first-order chi connectivity index (χ1) is 8.74. The summed E-state index contributed by atoms with van der Waals surface area (Å²) in [6, 6.07) is 8.62. The van der Waals surface area contributed by atoms with E-state index < -0.39 is 0 Å². The third-order valence-electron chi connectivity index (χ3n) is 3.35. The van der Waals surface area contributed by atoms with Crippen molar-refractivity contribution in [2.45, 2.75) is 40.3 Å². The fraction of sp³-hybridized carbons (Fsp3) is 0.400. The monoisotopic (exact) mass is 243 g/mol. The molecule has 0 aliphatic carbocycles. The Bertz CT molecular complexity index is 497. The molecule has 96 valence electrons. The van der Waals surface area contributed by atoms with Crippen molar-refractivity contribution in [2.75, 3.05) is 5.32 Å². The molecule has 1 heterocycles. The smallest absolute Gasteiger partial charge is 0.0542 e. The molecule has 1 aromatic heterocycles. The quantitative estimate of drug-likeness (QED) is 0.872. The van der Waals surface area contributed by atoms with E-state index in [9.17, 15) is 0 Å². The Hall–Kier alpha value is -1.77. The number of aromatic nitrogens is 2. The third kappa shape index (κ3) is 2.73. The van der Waals surface area contributed by atoms with Gasteiger partial charge in [0.15, 0.2) is 0 Å². The molecular weight excluding hydrogens is 222 g/mol. The van der Waals surface area contributed by atoms with Gasteiger partial charge < -0.3 is 5.32 Å². The first-order valence-electron chi connectivity index (χ1n) is 6.58. The fourth-order valence-corrected chi connectivity index (χ4v) is 2.03. The summed E-state index contributed by atoms with van der Waals surface area (Å²) < 4.78 is 2.02. The molecule has 2 rings (SSSR count). The van der Waals surface area contributed by atoms with Gasteiger partial charge in [0, 0.05) is 30.0 Å². The van der Waals surface area contributed by atoms with Gasteiger partial charge in [-0.2, -0.15) is 5.10 Å². The van der Waals surface area contributed by atoms with Crippen LogP contribution >= 0.6 is 0 Å². The van der Waals surface area contributed by atoms with Crippen LogP contribution in [-0.2, 0) is 19.5 Å². The molecule has 0 saturated carbocycles. The van der Waals surface area contributed by atoms with Crippen LogP contribution in [0.2, 0.25) is 0 Å². The summed E-state index contributed by atoms with van der Waals surface area (Å²) >= 11 is 0. The largest absolute Gasteiger partial charge is 0.381 e. The van der Waals surface area contributed by atoms with Crippen LogP contribution in [0.15, 0.2) is 30.5 Å². The van der Waals surface area contributed by atoms with Crippen molar-refractivity contribution in [2.24, 2.45) is 0 Å². The number of benzene rings is 1.